The van der Waals surface area contributed by atoms with E-state index in [4.69, 9.17) is 4.74 Å². The molecule has 1 aliphatic rings. The Morgan fingerprint density at radius 2 is 1.73 bits per heavy atom. The van der Waals surface area contributed by atoms with Crippen LogP contribution in [0.1, 0.15) is 49.5 Å². The highest BCUT2D eigenvalue weighted by atomic mass is 16.5. The molecule has 1 heterocycles. The lowest BCUT2D eigenvalue weighted by molar-refractivity contribution is -0.141. The third-order valence-electron chi connectivity index (χ3n) is 7.46. The van der Waals surface area contributed by atoms with Gasteiger partial charge >= 0.3 is 0 Å². The Bertz CT molecular complexity index is 1390. The number of aldehydes is 1. The Kier molecular flexibility index (Phi) is 9.73. The normalized spacial score (nSPS) is 18.2. The van der Waals surface area contributed by atoms with E-state index in [2.05, 4.69) is 10.6 Å². The third kappa shape index (κ3) is 6.92. The number of carbonyl (C=O) groups excluding carboxylic acids is 4. The average Bonchev–Trinajstić information content (AvgIpc) is 3.42. The van der Waals surface area contributed by atoms with Crippen LogP contribution in [0.2, 0.25) is 0 Å². The number of phenolic OH excluding ortho intramolecular Hbond substituents is 1. The first-order valence-electron chi connectivity index (χ1n) is 14.0. The number of carbonyl (C=O) groups is 4. The van der Waals surface area contributed by atoms with Crippen LogP contribution >= 0.6 is 0 Å². The highest BCUT2D eigenvalue weighted by Crippen LogP contribution is 2.28. The summed E-state index contributed by atoms with van der Waals surface area (Å²) in [6, 6.07) is 17.4. The maximum atomic E-state index is 14.0. The summed E-state index contributed by atoms with van der Waals surface area (Å²) in [4.78, 5) is 53.6. The lowest BCUT2D eigenvalue weighted by Crippen LogP contribution is -2.56. The van der Waals surface area contributed by atoms with Gasteiger partial charge in [-0.15, -0.1) is 0 Å². The number of benzene rings is 3. The highest BCUT2D eigenvalue weighted by Gasteiger charge is 2.43. The Morgan fingerprint density at radius 3 is 2.41 bits per heavy atom. The predicted octanol–water partition coefficient (Wildman–Crippen LogP) is 3.58. The molecule has 9 nitrogen and oxygen atoms in total. The number of amides is 3. The predicted molar refractivity (Wildman–Crippen MR) is 155 cm³/mol. The molecule has 3 aromatic carbocycles. The Hall–Kier alpha value is -4.24. The van der Waals surface area contributed by atoms with Gasteiger partial charge in [0, 0.05) is 13.0 Å². The molecule has 0 saturated carbocycles. The van der Waals surface area contributed by atoms with Crippen molar-refractivity contribution in [2.24, 2.45) is 5.92 Å². The second-order valence-electron chi connectivity index (χ2n) is 10.7. The number of aromatic hydroxyl groups is 1. The summed E-state index contributed by atoms with van der Waals surface area (Å²) >= 11 is 0. The van der Waals surface area contributed by atoms with Crippen LogP contribution in [0.5, 0.6) is 5.75 Å². The summed E-state index contributed by atoms with van der Waals surface area (Å²) in [6.07, 6.45) is 0.929. The Labute approximate surface area is 239 Å². The molecule has 0 radical (unpaired) electrons. The molecule has 216 valence electrons. The smallest absolute Gasteiger partial charge is 0.256 e. The van der Waals surface area contributed by atoms with Gasteiger partial charge in [0.05, 0.1) is 24.3 Å². The van der Waals surface area contributed by atoms with Gasteiger partial charge in [-0.25, -0.2) is 0 Å². The van der Waals surface area contributed by atoms with E-state index in [1.807, 2.05) is 42.5 Å². The van der Waals surface area contributed by atoms with Gasteiger partial charge in [0.25, 0.3) is 5.91 Å². The SMILES string of the molecule is CC[C@@H](C=O)NC(=O)[C@@H]1C[C@@H](OCc2ccccc2)CN1C(=O)[C@@H](NC(=O)c1c(O)ccc2ccccc12)C(C)C. The minimum absolute atomic E-state index is 0.0816. The highest BCUT2D eigenvalue weighted by molar-refractivity contribution is 6.10. The molecular formula is C32H37N3O6. The lowest BCUT2D eigenvalue weighted by Gasteiger charge is -2.31. The first-order valence-corrected chi connectivity index (χ1v) is 14.0. The van der Waals surface area contributed by atoms with E-state index >= 15 is 0 Å². The summed E-state index contributed by atoms with van der Waals surface area (Å²) in [6.45, 7) is 5.87. The number of phenols is 1. The maximum absolute atomic E-state index is 14.0. The molecule has 3 aromatic rings. The van der Waals surface area contributed by atoms with Gasteiger partial charge in [-0.1, -0.05) is 81.4 Å². The van der Waals surface area contributed by atoms with E-state index in [0.29, 0.717) is 24.7 Å². The van der Waals surface area contributed by atoms with Crippen molar-refractivity contribution in [1.29, 1.82) is 0 Å². The Morgan fingerprint density at radius 1 is 1.02 bits per heavy atom. The zero-order valence-corrected chi connectivity index (χ0v) is 23.6. The van der Waals surface area contributed by atoms with Crippen LogP contribution in [0, 0.1) is 5.92 Å². The van der Waals surface area contributed by atoms with Crippen LogP contribution in [0.4, 0.5) is 0 Å². The average molecular weight is 560 g/mol. The Balaban J connectivity index is 1.57. The molecule has 3 amide bonds. The van der Waals surface area contributed by atoms with Crippen LogP contribution in [0.25, 0.3) is 10.8 Å². The van der Waals surface area contributed by atoms with Crippen molar-refractivity contribution in [2.75, 3.05) is 6.54 Å². The number of nitrogens with one attached hydrogen (secondary N) is 2. The largest absolute Gasteiger partial charge is 0.507 e. The number of nitrogens with zero attached hydrogens (tertiary/aromatic N) is 1. The lowest BCUT2D eigenvalue weighted by atomic mass is 9.99. The molecule has 0 unspecified atom stereocenters. The van der Waals surface area contributed by atoms with Crippen molar-refractivity contribution in [3.63, 3.8) is 0 Å². The fraction of sp³-hybridized carbons (Fsp3) is 0.375. The van der Waals surface area contributed by atoms with E-state index < -0.39 is 42.0 Å². The molecule has 0 bridgehead atoms. The van der Waals surface area contributed by atoms with Gasteiger partial charge in [-0.3, -0.25) is 14.4 Å². The van der Waals surface area contributed by atoms with Gasteiger partial charge in [-0.2, -0.15) is 0 Å². The van der Waals surface area contributed by atoms with Crippen LogP contribution in [0.15, 0.2) is 66.7 Å². The number of hydrogen-bond donors (Lipinski definition) is 3. The summed E-state index contributed by atoms with van der Waals surface area (Å²) in [5, 5.41) is 17.4. The van der Waals surface area contributed by atoms with Gasteiger partial charge in [0.15, 0.2) is 0 Å². The topological polar surface area (TPSA) is 125 Å². The first-order chi connectivity index (χ1) is 19.7. The van der Waals surface area contributed by atoms with Gasteiger partial charge in [0.2, 0.25) is 11.8 Å². The molecule has 1 aliphatic heterocycles. The monoisotopic (exact) mass is 559 g/mol. The summed E-state index contributed by atoms with van der Waals surface area (Å²) < 4.78 is 6.10. The van der Waals surface area contributed by atoms with E-state index in [0.717, 1.165) is 10.9 Å². The summed E-state index contributed by atoms with van der Waals surface area (Å²) in [5.74, 6) is -1.98. The van der Waals surface area contributed by atoms with Gasteiger partial charge in [0.1, 0.15) is 24.1 Å². The number of ether oxygens (including phenoxy) is 1. The fourth-order valence-corrected chi connectivity index (χ4v) is 5.11. The molecule has 4 atom stereocenters. The molecule has 1 fully saturated rings. The van der Waals surface area contributed by atoms with E-state index in [-0.39, 0.29) is 30.2 Å². The van der Waals surface area contributed by atoms with Crippen LogP contribution < -0.4 is 10.6 Å². The van der Waals surface area contributed by atoms with Crippen molar-refractivity contribution < 1.29 is 29.0 Å². The number of fused-ring (bicyclic) bond motifs is 1. The zero-order valence-electron chi connectivity index (χ0n) is 23.6. The fourth-order valence-electron chi connectivity index (χ4n) is 5.11. The molecule has 9 heteroatoms. The number of hydrogen-bond acceptors (Lipinski definition) is 6. The van der Waals surface area contributed by atoms with Crippen molar-refractivity contribution in [3.05, 3.63) is 77.9 Å². The minimum Gasteiger partial charge on any atom is -0.507 e. The summed E-state index contributed by atoms with van der Waals surface area (Å²) in [7, 11) is 0. The third-order valence-corrected chi connectivity index (χ3v) is 7.46. The van der Waals surface area contributed by atoms with Gasteiger partial charge < -0.3 is 30.2 Å². The minimum atomic E-state index is -0.975. The molecule has 3 N–H and O–H groups in total. The zero-order chi connectivity index (χ0) is 29.5. The maximum Gasteiger partial charge on any atom is 0.256 e. The van der Waals surface area contributed by atoms with E-state index in [1.165, 1.54) is 11.0 Å². The van der Waals surface area contributed by atoms with Crippen LogP contribution in [-0.2, 0) is 25.7 Å². The standard InChI is InChI=1S/C32H37N3O6/c1-4-23(18-36)33-30(38)26-16-24(41-19-21-10-6-5-7-11-21)17-35(26)32(40)29(20(2)3)34-31(39)28-25-13-9-8-12-22(25)14-15-27(28)37/h5-15,18,20,23-24,26,29,37H,4,16-17,19H2,1-3H3,(H,33,38)(H,34,39)/t23-,24+,26-,29-/m0/s1. The second-order valence-corrected chi connectivity index (χ2v) is 10.7. The van der Waals surface area contributed by atoms with Crippen LogP contribution in [-0.4, -0.2) is 64.8 Å². The first kappa shape index (κ1) is 29.7. The van der Waals surface area contributed by atoms with Gasteiger partial charge in [-0.05, 0) is 34.7 Å². The van der Waals surface area contributed by atoms with E-state index in [9.17, 15) is 24.3 Å². The van der Waals surface area contributed by atoms with Crippen molar-refractivity contribution >= 4 is 34.8 Å². The molecule has 1 saturated heterocycles. The molecule has 41 heavy (non-hydrogen) atoms. The van der Waals surface area contributed by atoms with Crippen molar-refractivity contribution in [1.82, 2.24) is 15.5 Å². The molecular weight excluding hydrogens is 522 g/mol. The number of likely N-dealkylation sites (tertiary alicyclic amines) is 1. The van der Waals surface area contributed by atoms with Crippen LogP contribution in [0.3, 0.4) is 0 Å². The summed E-state index contributed by atoms with van der Waals surface area (Å²) in [5.41, 5.74) is 1.05. The molecule has 0 aromatic heterocycles. The van der Waals surface area contributed by atoms with Crippen molar-refractivity contribution in [3.8, 4) is 5.75 Å². The quantitative estimate of drug-likeness (QED) is 0.309. The molecule has 0 aliphatic carbocycles. The molecule has 4 rings (SSSR count). The molecule has 0 spiro atoms. The number of rotatable bonds is 11. The van der Waals surface area contributed by atoms with Crippen molar-refractivity contribution in [2.45, 2.75) is 64.4 Å². The van der Waals surface area contributed by atoms with E-state index in [1.54, 1.807) is 39.0 Å². The second kappa shape index (κ2) is 13.4.